The normalized spacial score (nSPS) is 17.1. The molecule has 1 amide bonds. The Morgan fingerprint density at radius 1 is 1.03 bits per heavy atom. The predicted molar refractivity (Wildman–Crippen MR) is 136 cm³/mol. The quantitative estimate of drug-likeness (QED) is 0.559. The fourth-order valence-corrected chi connectivity index (χ4v) is 5.15. The van der Waals surface area contributed by atoms with Gasteiger partial charge in [0.15, 0.2) is 11.5 Å². The lowest BCUT2D eigenvalue weighted by atomic mass is 9.95. The van der Waals surface area contributed by atoms with Gasteiger partial charge in [0.05, 0.1) is 7.11 Å². The molecule has 4 heterocycles. The van der Waals surface area contributed by atoms with E-state index in [0.29, 0.717) is 31.1 Å². The smallest absolute Gasteiger partial charge is 0.295 e. The van der Waals surface area contributed by atoms with Crippen LogP contribution in [0, 0.1) is 5.92 Å². The monoisotopic (exact) mass is 476 g/mol. The summed E-state index contributed by atoms with van der Waals surface area (Å²) in [7, 11) is 1.67. The summed E-state index contributed by atoms with van der Waals surface area (Å²) in [6, 6.07) is 11.8. The van der Waals surface area contributed by atoms with Crippen LogP contribution in [-0.4, -0.2) is 71.7 Å². The van der Waals surface area contributed by atoms with Gasteiger partial charge in [-0.2, -0.15) is 0 Å². The molecule has 2 fully saturated rings. The van der Waals surface area contributed by atoms with Gasteiger partial charge in [0, 0.05) is 69.7 Å². The van der Waals surface area contributed by atoms with Gasteiger partial charge in [-0.25, -0.2) is 9.97 Å². The van der Waals surface area contributed by atoms with Crippen molar-refractivity contribution < 1.29 is 9.53 Å². The molecule has 0 saturated carbocycles. The number of amides is 1. The van der Waals surface area contributed by atoms with E-state index < -0.39 is 0 Å². The second kappa shape index (κ2) is 9.93. The first-order valence-corrected chi connectivity index (χ1v) is 12.4. The van der Waals surface area contributed by atoms with Gasteiger partial charge >= 0.3 is 0 Å². The van der Waals surface area contributed by atoms with Crippen LogP contribution in [0.3, 0.4) is 0 Å². The average molecular weight is 477 g/mol. The molecule has 0 atom stereocenters. The molecule has 0 spiro atoms. The van der Waals surface area contributed by atoms with Crippen LogP contribution in [0.5, 0.6) is 5.75 Å². The minimum atomic E-state index is -0.114. The molecule has 0 N–H and O–H groups in total. The zero-order chi connectivity index (χ0) is 24.4. The lowest BCUT2D eigenvalue weighted by Gasteiger charge is -2.39. The maximum atomic E-state index is 13.3. The molecule has 2 aliphatic rings. The number of aryl methyl sites for hydroxylation is 1. The van der Waals surface area contributed by atoms with Gasteiger partial charge < -0.3 is 19.4 Å². The summed E-state index contributed by atoms with van der Waals surface area (Å²) in [4.78, 5) is 41.7. The number of anilines is 2. The lowest BCUT2D eigenvalue weighted by Crippen LogP contribution is -2.52. The highest BCUT2D eigenvalue weighted by Crippen LogP contribution is 2.25. The van der Waals surface area contributed by atoms with E-state index in [-0.39, 0.29) is 17.4 Å². The Labute approximate surface area is 204 Å². The van der Waals surface area contributed by atoms with Crippen molar-refractivity contribution in [2.24, 2.45) is 5.92 Å². The largest absolute Gasteiger partial charge is 0.497 e. The topological polar surface area (TPSA) is 83.8 Å². The molecule has 35 heavy (non-hydrogen) atoms. The number of benzene rings is 1. The van der Waals surface area contributed by atoms with Gasteiger partial charge in [0.2, 0.25) is 5.91 Å². The highest BCUT2D eigenvalue weighted by atomic mass is 16.5. The molecule has 2 aromatic heterocycles. The van der Waals surface area contributed by atoms with Crippen molar-refractivity contribution in [3.63, 3.8) is 0 Å². The fraction of sp³-hybridized carbons (Fsp3) is 0.462. The van der Waals surface area contributed by atoms with Crippen LogP contribution in [0.15, 0.2) is 47.4 Å². The van der Waals surface area contributed by atoms with Crippen molar-refractivity contribution in [1.29, 1.82) is 0 Å². The molecular weight excluding hydrogens is 444 g/mol. The number of ether oxygens (including phenoxy) is 1. The molecule has 2 saturated heterocycles. The number of piperidine rings is 1. The molecule has 1 aromatic carbocycles. The van der Waals surface area contributed by atoms with E-state index in [9.17, 15) is 9.59 Å². The van der Waals surface area contributed by atoms with Crippen molar-refractivity contribution >= 4 is 28.6 Å². The van der Waals surface area contributed by atoms with Crippen molar-refractivity contribution in [1.82, 2.24) is 19.4 Å². The maximum Gasteiger partial charge on any atom is 0.295 e. The average Bonchev–Trinajstić information content (AvgIpc) is 2.92. The number of piperazine rings is 1. The molecule has 3 aromatic rings. The number of pyridine rings is 1. The summed E-state index contributed by atoms with van der Waals surface area (Å²) >= 11 is 0. The predicted octanol–water partition coefficient (Wildman–Crippen LogP) is 2.39. The number of fused-ring (bicyclic) bond motifs is 1. The summed E-state index contributed by atoms with van der Waals surface area (Å²) in [5.41, 5.74) is 2.34. The molecule has 2 aliphatic heterocycles. The highest BCUT2D eigenvalue weighted by Gasteiger charge is 2.32. The van der Waals surface area contributed by atoms with Gasteiger partial charge in [-0.3, -0.25) is 14.2 Å². The zero-order valence-electron chi connectivity index (χ0n) is 20.4. The minimum absolute atomic E-state index is 0.00913. The van der Waals surface area contributed by atoms with Crippen LogP contribution in [-0.2, 0) is 11.3 Å². The van der Waals surface area contributed by atoms with Gasteiger partial charge in [-0.15, -0.1) is 0 Å². The molecule has 5 rings (SSSR count). The second-order valence-electron chi connectivity index (χ2n) is 9.11. The number of methoxy groups -OCH3 is 1. The summed E-state index contributed by atoms with van der Waals surface area (Å²) in [5.74, 6) is 1.53. The Kier molecular flexibility index (Phi) is 6.57. The minimum Gasteiger partial charge on any atom is -0.497 e. The van der Waals surface area contributed by atoms with Gasteiger partial charge in [0.1, 0.15) is 11.3 Å². The van der Waals surface area contributed by atoms with Crippen LogP contribution < -0.4 is 20.1 Å². The summed E-state index contributed by atoms with van der Waals surface area (Å²) in [6.45, 7) is 6.84. The van der Waals surface area contributed by atoms with Crippen LogP contribution in [0.2, 0.25) is 0 Å². The third-order valence-electron chi connectivity index (χ3n) is 7.15. The van der Waals surface area contributed by atoms with Gasteiger partial charge in [-0.05, 0) is 44.0 Å². The van der Waals surface area contributed by atoms with Gasteiger partial charge in [0.25, 0.3) is 5.56 Å². The molecule has 184 valence electrons. The molecular formula is C26H32N6O3. The first-order valence-electron chi connectivity index (χ1n) is 12.4. The first kappa shape index (κ1) is 23.1. The number of hydrogen-bond donors (Lipinski definition) is 0. The van der Waals surface area contributed by atoms with Crippen molar-refractivity contribution in [2.75, 3.05) is 56.2 Å². The maximum absolute atomic E-state index is 13.3. The molecule has 0 unspecified atom stereocenters. The van der Waals surface area contributed by atoms with Crippen LogP contribution in [0.4, 0.5) is 11.5 Å². The molecule has 0 bridgehead atoms. The van der Waals surface area contributed by atoms with E-state index in [0.717, 1.165) is 56.0 Å². The standard InChI is InChI=1S/C26H32N6O3/c1-3-32-23-22(8-5-11-27-23)28-24(26(32)34)30-12-9-19(10-13-30)25(33)31-16-14-29(15-17-31)20-6-4-7-21(18-20)35-2/h4-8,11,18-19H,3,9-10,12-17H2,1-2H3. The van der Waals surface area contributed by atoms with Gasteiger partial charge in [-0.1, -0.05) is 6.07 Å². The van der Waals surface area contributed by atoms with Crippen LogP contribution in [0.1, 0.15) is 19.8 Å². The van der Waals surface area contributed by atoms with E-state index in [1.807, 2.05) is 47.1 Å². The first-order chi connectivity index (χ1) is 17.1. The lowest BCUT2D eigenvalue weighted by molar-refractivity contribution is -0.136. The Morgan fingerprint density at radius 2 is 1.80 bits per heavy atom. The van der Waals surface area contributed by atoms with E-state index in [4.69, 9.17) is 4.74 Å². The fourth-order valence-electron chi connectivity index (χ4n) is 5.15. The van der Waals surface area contributed by atoms with E-state index in [2.05, 4.69) is 20.9 Å². The highest BCUT2D eigenvalue weighted by molar-refractivity contribution is 5.79. The van der Waals surface area contributed by atoms with Crippen molar-refractivity contribution in [3.8, 4) is 5.75 Å². The van der Waals surface area contributed by atoms with Crippen LogP contribution in [0.25, 0.3) is 11.2 Å². The number of hydrogen-bond acceptors (Lipinski definition) is 7. The summed E-state index contributed by atoms with van der Waals surface area (Å²) in [5, 5.41) is 0. The summed E-state index contributed by atoms with van der Waals surface area (Å²) in [6.07, 6.45) is 3.14. The molecule has 0 radical (unpaired) electrons. The number of carbonyl (C=O) groups excluding carboxylic acids is 1. The number of rotatable bonds is 5. The number of aromatic nitrogens is 3. The molecule has 9 heteroatoms. The third kappa shape index (κ3) is 4.54. The number of carbonyl (C=O) groups is 1. The summed E-state index contributed by atoms with van der Waals surface area (Å²) < 4.78 is 7.02. The second-order valence-corrected chi connectivity index (χ2v) is 9.11. The Hall–Kier alpha value is -3.62. The Morgan fingerprint density at radius 3 is 2.51 bits per heavy atom. The van der Waals surface area contributed by atoms with Crippen molar-refractivity contribution in [2.45, 2.75) is 26.3 Å². The van der Waals surface area contributed by atoms with Crippen molar-refractivity contribution in [3.05, 3.63) is 52.9 Å². The van der Waals surface area contributed by atoms with E-state index in [1.165, 1.54) is 0 Å². The van der Waals surface area contributed by atoms with Crippen LogP contribution >= 0.6 is 0 Å². The van der Waals surface area contributed by atoms with E-state index in [1.54, 1.807) is 17.9 Å². The Bertz CT molecular complexity index is 1260. The number of nitrogens with zero attached hydrogens (tertiary/aromatic N) is 6. The van der Waals surface area contributed by atoms with E-state index >= 15 is 0 Å². The zero-order valence-corrected chi connectivity index (χ0v) is 20.4. The third-order valence-corrected chi connectivity index (χ3v) is 7.15. The molecule has 9 nitrogen and oxygen atoms in total. The Balaban J connectivity index is 1.21. The molecule has 0 aliphatic carbocycles. The SMILES string of the molecule is CCn1c(=O)c(N2CCC(C(=O)N3CCN(c4cccc(OC)c4)CC3)CC2)nc2cccnc21.